The average Bonchev–Trinajstić information content (AvgIpc) is 2.50. The molecule has 0 aromatic heterocycles. The standard InChI is InChI=1S/C18H25NO2/c1-4-11-21-13-16-7-9-19(10-8-16)18(20)17-6-5-14(2)15(3)12-17/h4-6,12,16H,1,7-11,13H2,2-3H3. The zero-order chi connectivity index (χ0) is 15.2. The molecule has 0 saturated carbocycles. The highest BCUT2D eigenvalue weighted by atomic mass is 16.5. The molecule has 0 spiro atoms. The van der Waals surface area contributed by atoms with Crippen molar-refractivity contribution in [3.8, 4) is 0 Å². The van der Waals surface area contributed by atoms with Gasteiger partial charge in [0.25, 0.3) is 5.91 Å². The lowest BCUT2D eigenvalue weighted by Crippen LogP contribution is -2.39. The highest BCUT2D eigenvalue weighted by Gasteiger charge is 2.23. The van der Waals surface area contributed by atoms with Gasteiger partial charge in [-0.05, 0) is 55.9 Å². The van der Waals surface area contributed by atoms with Crippen LogP contribution in [0.15, 0.2) is 30.9 Å². The number of ether oxygens (including phenoxy) is 1. The van der Waals surface area contributed by atoms with Gasteiger partial charge in [0.1, 0.15) is 0 Å². The third-order valence-electron chi connectivity index (χ3n) is 4.24. The number of piperidine rings is 1. The number of likely N-dealkylation sites (tertiary alicyclic amines) is 1. The van der Waals surface area contributed by atoms with Crippen molar-refractivity contribution in [1.82, 2.24) is 4.90 Å². The van der Waals surface area contributed by atoms with Crippen LogP contribution < -0.4 is 0 Å². The molecule has 1 aromatic carbocycles. The van der Waals surface area contributed by atoms with Gasteiger partial charge in [0.15, 0.2) is 0 Å². The maximum atomic E-state index is 12.5. The Kier molecular flexibility index (Phi) is 5.57. The molecule has 1 heterocycles. The van der Waals surface area contributed by atoms with E-state index in [1.165, 1.54) is 11.1 Å². The number of hydrogen-bond acceptors (Lipinski definition) is 2. The van der Waals surface area contributed by atoms with E-state index in [1.807, 2.05) is 23.1 Å². The summed E-state index contributed by atoms with van der Waals surface area (Å²) in [5, 5.41) is 0. The van der Waals surface area contributed by atoms with E-state index >= 15 is 0 Å². The summed E-state index contributed by atoms with van der Waals surface area (Å²) in [4.78, 5) is 14.5. The van der Waals surface area contributed by atoms with Crippen LogP contribution in [0, 0.1) is 19.8 Å². The van der Waals surface area contributed by atoms with Crippen LogP contribution in [-0.2, 0) is 4.74 Å². The quantitative estimate of drug-likeness (QED) is 0.614. The summed E-state index contributed by atoms with van der Waals surface area (Å²) in [5.41, 5.74) is 3.21. The van der Waals surface area contributed by atoms with Crippen molar-refractivity contribution in [2.75, 3.05) is 26.3 Å². The molecule has 1 aliphatic heterocycles. The first kappa shape index (κ1) is 15.8. The third-order valence-corrected chi connectivity index (χ3v) is 4.24. The molecule has 2 rings (SSSR count). The van der Waals surface area contributed by atoms with Crippen LogP contribution in [0.3, 0.4) is 0 Å². The molecule has 1 saturated heterocycles. The Hall–Kier alpha value is -1.61. The minimum atomic E-state index is 0.156. The normalized spacial score (nSPS) is 16.0. The molecular weight excluding hydrogens is 262 g/mol. The van der Waals surface area contributed by atoms with Gasteiger partial charge in [0.05, 0.1) is 6.61 Å². The van der Waals surface area contributed by atoms with E-state index in [-0.39, 0.29) is 5.91 Å². The second kappa shape index (κ2) is 7.41. The summed E-state index contributed by atoms with van der Waals surface area (Å²) in [6, 6.07) is 5.96. The van der Waals surface area contributed by atoms with Crippen molar-refractivity contribution in [3.05, 3.63) is 47.5 Å². The highest BCUT2D eigenvalue weighted by Crippen LogP contribution is 2.20. The molecule has 0 radical (unpaired) electrons. The van der Waals surface area contributed by atoms with Crippen molar-refractivity contribution in [1.29, 1.82) is 0 Å². The highest BCUT2D eigenvalue weighted by molar-refractivity contribution is 5.94. The van der Waals surface area contributed by atoms with Crippen LogP contribution in [-0.4, -0.2) is 37.1 Å². The summed E-state index contributed by atoms with van der Waals surface area (Å²) in [7, 11) is 0. The fraction of sp³-hybridized carbons (Fsp3) is 0.500. The lowest BCUT2D eigenvalue weighted by Gasteiger charge is -2.32. The van der Waals surface area contributed by atoms with Gasteiger partial charge in [0.2, 0.25) is 0 Å². The van der Waals surface area contributed by atoms with E-state index in [9.17, 15) is 4.79 Å². The first-order chi connectivity index (χ1) is 10.1. The van der Waals surface area contributed by atoms with Crippen LogP contribution in [0.2, 0.25) is 0 Å². The molecule has 0 N–H and O–H groups in total. The number of carbonyl (C=O) groups excluding carboxylic acids is 1. The van der Waals surface area contributed by atoms with Gasteiger partial charge < -0.3 is 9.64 Å². The van der Waals surface area contributed by atoms with E-state index in [4.69, 9.17) is 4.74 Å². The Morgan fingerprint density at radius 3 is 2.67 bits per heavy atom. The largest absolute Gasteiger partial charge is 0.377 e. The molecule has 21 heavy (non-hydrogen) atoms. The monoisotopic (exact) mass is 287 g/mol. The molecule has 3 heteroatoms. The summed E-state index contributed by atoms with van der Waals surface area (Å²) < 4.78 is 5.51. The van der Waals surface area contributed by atoms with E-state index in [1.54, 1.807) is 6.08 Å². The number of nitrogens with zero attached hydrogens (tertiary/aromatic N) is 1. The molecular formula is C18H25NO2. The van der Waals surface area contributed by atoms with Crippen molar-refractivity contribution < 1.29 is 9.53 Å². The van der Waals surface area contributed by atoms with Gasteiger partial charge in [-0.3, -0.25) is 4.79 Å². The van der Waals surface area contributed by atoms with E-state index < -0.39 is 0 Å². The fourth-order valence-electron chi connectivity index (χ4n) is 2.68. The molecule has 0 aliphatic carbocycles. The topological polar surface area (TPSA) is 29.5 Å². The maximum Gasteiger partial charge on any atom is 0.253 e. The number of aryl methyl sites for hydroxylation is 2. The predicted molar refractivity (Wildman–Crippen MR) is 85.6 cm³/mol. The molecule has 1 aliphatic rings. The van der Waals surface area contributed by atoms with Gasteiger partial charge in [-0.2, -0.15) is 0 Å². The Bertz CT molecular complexity index is 502. The molecule has 0 atom stereocenters. The van der Waals surface area contributed by atoms with Gasteiger partial charge in [0, 0.05) is 25.3 Å². The van der Waals surface area contributed by atoms with Crippen molar-refractivity contribution in [3.63, 3.8) is 0 Å². The summed E-state index contributed by atoms with van der Waals surface area (Å²) in [5.74, 6) is 0.720. The zero-order valence-corrected chi connectivity index (χ0v) is 13.1. The van der Waals surface area contributed by atoms with E-state index in [0.29, 0.717) is 12.5 Å². The molecule has 114 valence electrons. The van der Waals surface area contributed by atoms with Gasteiger partial charge in [-0.15, -0.1) is 6.58 Å². The van der Waals surface area contributed by atoms with Gasteiger partial charge >= 0.3 is 0 Å². The first-order valence-corrected chi connectivity index (χ1v) is 7.67. The molecule has 0 bridgehead atoms. The van der Waals surface area contributed by atoms with Crippen molar-refractivity contribution in [2.45, 2.75) is 26.7 Å². The fourth-order valence-corrected chi connectivity index (χ4v) is 2.68. The summed E-state index contributed by atoms with van der Waals surface area (Å²) in [6.45, 7) is 10.8. The van der Waals surface area contributed by atoms with Crippen LogP contribution in [0.4, 0.5) is 0 Å². The van der Waals surface area contributed by atoms with Crippen LogP contribution in [0.1, 0.15) is 34.3 Å². The second-order valence-electron chi connectivity index (χ2n) is 5.86. The minimum Gasteiger partial charge on any atom is -0.377 e. The first-order valence-electron chi connectivity index (χ1n) is 7.67. The smallest absolute Gasteiger partial charge is 0.253 e. The molecule has 1 aromatic rings. The summed E-state index contributed by atoms with van der Waals surface area (Å²) >= 11 is 0. The van der Waals surface area contributed by atoms with Gasteiger partial charge in [-0.25, -0.2) is 0 Å². The van der Waals surface area contributed by atoms with E-state index in [0.717, 1.165) is 38.1 Å². The number of carbonyl (C=O) groups is 1. The Labute approximate surface area is 127 Å². The molecule has 1 fully saturated rings. The SMILES string of the molecule is C=CCOCC1CCN(C(=O)c2ccc(C)c(C)c2)CC1. The predicted octanol–water partition coefficient (Wildman–Crippen LogP) is 3.36. The summed E-state index contributed by atoms with van der Waals surface area (Å²) in [6.07, 6.45) is 3.82. The number of benzene rings is 1. The van der Waals surface area contributed by atoms with Crippen molar-refractivity contribution >= 4 is 5.91 Å². The molecule has 0 unspecified atom stereocenters. The lowest BCUT2D eigenvalue weighted by atomic mass is 9.97. The lowest BCUT2D eigenvalue weighted by molar-refractivity contribution is 0.0575. The minimum absolute atomic E-state index is 0.156. The third kappa shape index (κ3) is 4.18. The molecule has 1 amide bonds. The van der Waals surface area contributed by atoms with Gasteiger partial charge in [-0.1, -0.05) is 12.1 Å². The Balaban J connectivity index is 1.88. The number of hydrogen-bond donors (Lipinski definition) is 0. The Morgan fingerprint density at radius 2 is 2.05 bits per heavy atom. The van der Waals surface area contributed by atoms with Crippen LogP contribution >= 0.6 is 0 Å². The van der Waals surface area contributed by atoms with Crippen LogP contribution in [0.25, 0.3) is 0 Å². The van der Waals surface area contributed by atoms with E-state index in [2.05, 4.69) is 20.4 Å². The molecule has 3 nitrogen and oxygen atoms in total. The Morgan fingerprint density at radius 1 is 1.33 bits per heavy atom. The number of rotatable bonds is 5. The number of amides is 1. The zero-order valence-electron chi connectivity index (χ0n) is 13.1. The average molecular weight is 287 g/mol. The second-order valence-corrected chi connectivity index (χ2v) is 5.86. The maximum absolute atomic E-state index is 12.5. The van der Waals surface area contributed by atoms with Crippen molar-refractivity contribution in [2.24, 2.45) is 5.92 Å². The van der Waals surface area contributed by atoms with Crippen LogP contribution in [0.5, 0.6) is 0 Å².